The SMILES string of the molecule is CC(C)c1cc(-c2nc(-c3cccc(-c4ccc(-c5ccc([Si](C)(C)C)cc5)cc4)c3)nc(-c3cc(-c4ccccc4)cc(-c4ccccc4)c3)n2)cc(C(C)C)c1. The summed E-state index contributed by atoms with van der Waals surface area (Å²) in [5.41, 5.74) is 14.7. The lowest BCUT2D eigenvalue weighted by atomic mass is 9.93. The second-order valence-corrected chi connectivity index (χ2v) is 22.1. The minimum absolute atomic E-state index is 0.363. The van der Waals surface area contributed by atoms with E-state index in [1.807, 2.05) is 0 Å². The van der Waals surface area contributed by atoms with Crippen molar-refractivity contribution in [3.63, 3.8) is 0 Å². The lowest BCUT2D eigenvalue weighted by molar-refractivity contribution is 0.834. The molecule has 0 aliphatic rings. The number of benzene rings is 7. The molecule has 0 atom stereocenters. The van der Waals surface area contributed by atoms with Gasteiger partial charge in [0.2, 0.25) is 0 Å². The number of hydrogen-bond acceptors (Lipinski definition) is 3. The van der Waals surface area contributed by atoms with Gasteiger partial charge in [0.1, 0.15) is 0 Å². The van der Waals surface area contributed by atoms with Gasteiger partial charge in [-0.3, -0.25) is 0 Å². The van der Waals surface area contributed by atoms with Crippen molar-refractivity contribution in [2.45, 2.75) is 59.2 Å². The first-order chi connectivity index (χ1) is 28.0. The zero-order valence-corrected chi connectivity index (χ0v) is 35.7. The zero-order chi connectivity index (χ0) is 40.4. The minimum Gasteiger partial charge on any atom is -0.208 e. The predicted octanol–water partition coefficient (Wildman–Crippen LogP) is 14.3. The summed E-state index contributed by atoms with van der Waals surface area (Å²) >= 11 is 0. The Labute approximate surface area is 345 Å². The largest absolute Gasteiger partial charge is 0.208 e. The summed E-state index contributed by atoms with van der Waals surface area (Å²) in [5.74, 6) is 2.69. The maximum atomic E-state index is 5.29. The predicted molar refractivity (Wildman–Crippen MR) is 249 cm³/mol. The van der Waals surface area contributed by atoms with E-state index >= 15 is 0 Å². The van der Waals surface area contributed by atoms with Crippen molar-refractivity contribution < 1.29 is 0 Å². The van der Waals surface area contributed by atoms with E-state index in [0.717, 1.165) is 50.1 Å². The fraction of sp³-hybridized carbons (Fsp3) is 0.167. The van der Waals surface area contributed by atoms with Crippen LogP contribution >= 0.6 is 0 Å². The molecule has 0 fully saturated rings. The monoisotopic (exact) mass is 769 g/mol. The molecule has 1 heterocycles. The van der Waals surface area contributed by atoms with E-state index in [1.54, 1.807) is 0 Å². The molecule has 0 aliphatic carbocycles. The van der Waals surface area contributed by atoms with Gasteiger partial charge in [0.15, 0.2) is 17.5 Å². The van der Waals surface area contributed by atoms with Crippen molar-refractivity contribution >= 4 is 13.3 Å². The summed E-state index contributed by atoms with van der Waals surface area (Å²) in [6, 6.07) is 61.2. The Morgan fingerprint density at radius 3 is 1.12 bits per heavy atom. The summed E-state index contributed by atoms with van der Waals surface area (Å²) in [6.45, 7) is 16.2. The van der Waals surface area contributed by atoms with Crippen LogP contribution in [0.1, 0.15) is 50.7 Å². The van der Waals surface area contributed by atoms with Crippen molar-refractivity contribution in [3.05, 3.63) is 181 Å². The van der Waals surface area contributed by atoms with E-state index in [0.29, 0.717) is 29.3 Å². The Bertz CT molecular complexity index is 2590. The van der Waals surface area contributed by atoms with E-state index in [2.05, 4.69) is 217 Å². The molecule has 1 aromatic heterocycles. The molecule has 3 nitrogen and oxygen atoms in total. The van der Waals surface area contributed by atoms with E-state index < -0.39 is 8.07 Å². The summed E-state index contributed by atoms with van der Waals surface area (Å²) < 4.78 is 0. The molecule has 0 saturated heterocycles. The van der Waals surface area contributed by atoms with Crippen molar-refractivity contribution in [1.82, 2.24) is 15.0 Å². The lowest BCUT2D eigenvalue weighted by Crippen LogP contribution is -2.37. The van der Waals surface area contributed by atoms with E-state index in [4.69, 9.17) is 15.0 Å². The van der Waals surface area contributed by atoms with E-state index in [1.165, 1.54) is 27.4 Å². The molecule has 7 aromatic carbocycles. The topological polar surface area (TPSA) is 38.7 Å². The number of hydrogen-bond donors (Lipinski definition) is 0. The number of aromatic nitrogens is 3. The highest BCUT2D eigenvalue weighted by Gasteiger charge is 2.18. The Morgan fingerprint density at radius 2 is 0.655 bits per heavy atom. The second kappa shape index (κ2) is 16.3. The Morgan fingerprint density at radius 1 is 0.310 bits per heavy atom. The van der Waals surface area contributed by atoms with Crippen LogP contribution in [0.5, 0.6) is 0 Å². The Kier molecular flexibility index (Phi) is 10.9. The highest BCUT2D eigenvalue weighted by Crippen LogP contribution is 2.35. The van der Waals surface area contributed by atoms with Crippen molar-refractivity contribution in [1.29, 1.82) is 0 Å². The Balaban J connectivity index is 1.26. The van der Waals surface area contributed by atoms with Gasteiger partial charge in [0.25, 0.3) is 0 Å². The molecule has 0 bridgehead atoms. The first-order valence-electron chi connectivity index (χ1n) is 20.5. The van der Waals surface area contributed by atoms with Crippen molar-refractivity contribution in [3.8, 4) is 78.7 Å². The van der Waals surface area contributed by atoms with Gasteiger partial charge in [-0.1, -0.05) is 186 Å². The summed E-state index contributed by atoms with van der Waals surface area (Å²) in [4.78, 5) is 15.8. The van der Waals surface area contributed by atoms with Gasteiger partial charge >= 0.3 is 0 Å². The average molecular weight is 770 g/mol. The van der Waals surface area contributed by atoms with Gasteiger partial charge in [0.05, 0.1) is 8.07 Å². The minimum atomic E-state index is -1.35. The lowest BCUT2D eigenvalue weighted by Gasteiger charge is -2.17. The molecule has 8 aromatic rings. The van der Waals surface area contributed by atoms with Crippen molar-refractivity contribution in [2.75, 3.05) is 0 Å². The van der Waals surface area contributed by atoms with Crippen LogP contribution in [-0.2, 0) is 0 Å². The standard InChI is InChI=1S/C54H51N3Si/c1-36(2)45-30-46(37(3)4)32-49(31-45)53-55-52(44-20-14-19-43(29-44)42-23-21-40(22-24-42)41-25-27-51(28-26-41)58(5,6)7)56-54(57-53)50-34-47(38-15-10-8-11-16-38)33-48(35-50)39-17-12-9-13-18-39/h8-37H,1-7H3. The highest BCUT2D eigenvalue weighted by atomic mass is 28.3. The molecule has 0 aliphatic heterocycles. The molecule has 58 heavy (non-hydrogen) atoms. The smallest absolute Gasteiger partial charge is 0.164 e. The Hall–Kier alpha value is -6.23. The third-order valence-electron chi connectivity index (χ3n) is 11.0. The highest BCUT2D eigenvalue weighted by molar-refractivity contribution is 6.88. The molecule has 8 rings (SSSR count). The van der Waals surface area contributed by atoms with Gasteiger partial charge in [-0.15, -0.1) is 0 Å². The van der Waals surface area contributed by atoms with Crippen LogP contribution in [0, 0.1) is 0 Å². The third-order valence-corrected chi connectivity index (χ3v) is 13.1. The van der Waals surface area contributed by atoms with Crippen LogP contribution in [0.2, 0.25) is 19.6 Å². The normalized spacial score (nSPS) is 11.7. The zero-order valence-electron chi connectivity index (χ0n) is 34.7. The first-order valence-corrected chi connectivity index (χ1v) is 24.0. The molecule has 0 amide bonds. The molecule has 0 unspecified atom stereocenters. The van der Waals surface area contributed by atoms with Crippen LogP contribution in [0.3, 0.4) is 0 Å². The maximum absolute atomic E-state index is 5.29. The summed E-state index contributed by atoms with van der Waals surface area (Å²) in [5, 5.41) is 1.47. The quantitative estimate of drug-likeness (QED) is 0.130. The van der Waals surface area contributed by atoms with Crippen molar-refractivity contribution in [2.24, 2.45) is 0 Å². The summed E-state index contributed by atoms with van der Waals surface area (Å²) in [6.07, 6.45) is 0. The third kappa shape index (κ3) is 8.53. The van der Waals surface area contributed by atoms with Gasteiger partial charge in [-0.25, -0.2) is 15.0 Å². The second-order valence-electron chi connectivity index (χ2n) is 17.0. The fourth-order valence-electron chi connectivity index (χ4n) is 7.44. The van der Waals surface area contributed by atoms with Gasteiger partial charge in [-0.05, 0) is 104 Å². The van der Waals surface area contributed by atoms with Crippen LogP contribution < -0.4 is 5.19 Å². The molecule has 286 valence electrons. The average Bonchev–Trinajstić information content (AvgIpc) is 3.26. The molecular formula is C54H51N3Si. The number of nitrogens with zero attached hydrogens (tertiary/aromatic N) is 3. The molecule has 0 saturated carbocycles. The van der Waals surface area contributed by atoms with Crippen LogP contribution in [0.15, 0.2) is 170 Å². The van der Waals surface area contributed by atoms with Gasteiger partial charge < -0.3 is 0 Å². The summed E-state index contributed by atoms with van der Waals surface area (Å²) in [7, 11) is -1.35. The molecule has 0 N–H and O–H groups in total. The molecule has 4 heteroatoms. The van der Waals surface area contributed by atoms with E-state index in [-0.39, 0.29) is 0 Å². The molecule has 0 spiro atoms. The van der Waals surface area contributed by atoms with Crippen LogP contribution in [0.4, 0.5) is 0 Å². The number of rotatable bonds is 10. The molecule has 0 radical (unpaired) electrons. The van der Waals surface area contributed by atoms with E-state index in [9.17, 15) is 0 Å². The van der Waals surface area contributed by atoms with Gasteiger partial charge in [0, 0.05) is 16.7 Å². The first kappa shape index (κ1) is 38.6. The fourth-order valence-corrected chi connectivity index (χ4v) is 8.61. The molecular weight excluding hydrogens is 719 g/mol. The van der Waals surface area contributed by atoms with Crippen LogP contribution in [0.25, 0.3) is 78.7 Å². The maximum Gasteiger partial charge on any atom is 0.164 e. The van der Waals surface area contributed by atoms with Gasteiger partial charge in [-0.2, -0.15) is 0 Å². The van der Waals surface area contributed by atoms with Crippen LogP contribution in [-0.4, -0.2) is 23.0 Å².